The molecule has 9 heteroatoms. The number of ether oxygens (including phenoxy) is 1. The van der Waals surface area contributed by atoms with Crippen molar-refractivity contribution in [3.05, 3.63) is 65.2 Å². The maximum Gasteiger partial charge on any atom is 0.573 e. The summed E-state index contributed by atoms with van der Waals surface area (Å²) in [7, 11) is 0. The fourth-order valence-corrected chi connectivity index (χ4v) is 3.78. The standard InChI is InChI=1S/C23H22ClF3N4O/c24-17-10-8-15(9-11-17)14-28-21-13-20(30-22(31-21)29-18-5-1-2-6-18)16-4-3-7-19(12-16)32-23(25,26)27/h3-4,7-13,18H,1-2,5-6,14H2,(H2,28,29,30,31). The first-order chi connectivity index (χ1) is 15.3. The van der Waals surface area contributed by atoms with E-state index in [-0.39, 0.29) is 11.8 Å². The molecule has 1 heterocycles. The number of anilines is 2. The number of rotatable bonds is 7. The monoisotopic (exact) mass is 462 g/mol. The molecule has 0 amide bonds. The number of nitrogens with zero attached hydrogens (tertiary/aromatic N) is 2. The topological polar surface area (TPSA) is 59.1 Å². The Morgan fingerprint density at radius 2 is 1.75 bits per heavy atom. The summed E-state index contributed by atoms with van der Waals surface area (Å²) in [5.41, 5.74) is 2.00. The lowest BCUT2D eigenvalue weighted by molar-refractivity contribution is -0.274. The molecule has 2 N–H and O–H groups in total. The maximum atomic E-state index is 12.6. The summed E-state index contributed by atoms with van der Waals surface area (Å²) in [6, 6.07) is 15.2. The molecule has 3 aromatic rings. The van der Waals surface area contributed by atoms with Crippen molar-refractivity contribution in [2.45, 2.75) is 44.6 Å². The maximum absolute atomic E-state index is 12.6. The summed E-state index contributed by atoms with van der Waals surface area (Å²) in [5.74, 6) is 0.706. The van der Waals surface area contributed by atoms with Crippen molar-refractivity contribution in [3.63, 3.8) is 0 Å². The average Bonchev–Trinajstić information content (AvgIpc) is 3.25. The summed E-state index contributed by atoms with van der Waals surface area (Å²) in [4.78, 5) is 9.12. The zero-order valence-corrected chi connectivity index (χ0v) is 17.9. The Bertz CT molecular complexity index is 1050. The molecule has 2 aromatic carbocycles. The average molecular weight is 463 g/mol. The van der Waals surface area contributed by atoms with Gasteiger partial charge in [0.05, 0.1) is 5.69 Å². The first-order valence-electron chi connectivity index (χ1n) is 10.3. The molecule has 1 saturated carbocycles. The molecule has 0 unspecified atom stereocenters. The van der Waals surface area contributed by atoms with Crippen LogP contribution in [0.2, 0.25) is 5.02 Å². The number of aromatic nitrogens is 2. The summed E-state index contributed by atoms with van der Waals surface area (Å²) < 4.78 is 42.0. The van der Waals surface area contributed by atoms with E-state index < -0.39 is 6.36 Å². The van der Waals surface area contributed by atoms with E-state index in [0.717, 1.165) is 31.2 Å². The van der Waals surface area contributed by atoms with Gasteiger partial charge < -0.3 is 15.4 Å². The Kier molecular flexibility index (Phi) is 6.69. The Balaban J connectivity index is 1.60. The Morgan fingerprint density at radius 1 is 1.00 bits per heavy atom. The smallest absolute Gasteiger partial charge is 0.406 e. The van der Waals surface area contributed by atoms with Gasteiger partial charge in [-0.25, -0.2) is 4.98 Å². The van der Waals surface area contributed by atoms with Crippen LogP contribution in [0.1, 0.15) is 31.2 Å². The van der Waals surface area contributed by atoms with Crippen molar-refractivity contribution < 1.29 is 17.9 Å². The second-order valence-corrected chi connectivity index (χ2v) is 8.08. The third-order valence-corrected chi connectivity index (χ3v) is 5.42. The van der Waals surface area contributed by atoms with Gasteiger partial charge in [-0.2, -0.15) is 4.98 Å². The van der Waals surface area contributed by atoms with Crippen LogP contribution in [0.3, 0.4) is 0 Å². The van der Waals surface area contributed by atoms with Crippen molar-refractivity contribution >= 4 is 23.4 Å². The quantitative estimate of drug-likeness (QED) is 0.411. The first kappa shape index (κ1) is 22.2. The van der Waals surface area contributed by atoms with Crippen LogP contribution in [0, 0.1) is 0 Å². The SMILES string of the molecule is FC(F)(F)Oc1cccc(-c2cc(NCc3ccc(Cl)cc3)nc(NC3CCCC3)n2)c1. The van der Waals surface area contributed by atoms with E-state index in [1.807, 2.05) is 24.3 Å². The van der Waals surface area contributed by atoms with Gasteiger partial charge in [0.25, 0.3) is 0 Å². The lowest BCUT2D eigenvalue weighted by Crippen LogP contribution is -2.18. The minimum Gasteiger partial charge on any atom is -0.406 e. The van der Waals surface area contributed by atoms with Crippen LogP contribution in [-0.4, -0.2) is 22.4 Å². The van der Waals surface area contributed by atoms with Crippen LogP contribution in [0.15, 0.2) is 54.6 Å². The van der Waals surface area contributed by atoms with Gasteiger partial charge in [-0.3, -0.25) is 0 Å². The van der Waals surface area contributed by atoms with Crippen molar-refractivity contribution in [3.8, 4) is 17.0 Å². The molecule has 0 atom stereocenters. The predicted octanol–water partition coefficient (Wildman–Crippen LogP) is 6.66. The largest absolute Gasteiger partial charge is 0.573 e. The Morgan fingerprint density at radius 3 is 2.47 bits per heavy atom. The van der Waals surface area contributed by atoms with Crippen molar-refractivity contribution in [1.82, 2.24) is 9.97 Å². The highest BCUT2D eigenvalue weighted by Crippen LogP contribution is 2.29. The number of hydrogen-bond donors (Lipinski definition) is 2. The lowest BCUT2D eigenvalue weighted by atomic mass is 10.1. The zero-order chi connectivity index (χ0) is 22.6. The van der Waals surface area contributed by atoms with Crippen molar-refractivity contribution in [1.29, 1.82) is 0 Å². The van der Waals surface area contributed by atoms with E-state index in [1.165, 1.54) is 18.2 Å². The number of nitrogens with one attached hydrogen (secondary N) is 2. The van der Waals surface area contributed by atoms with Crippen LogP contribution in [0.5, 0.6) is 5.75 Å². The highest BCUT2D eigenvalue weighted by Gasteiger charge is 2.31. The van der Waals surface area contributed by atoms with Crippen molar-refractivity contribution in [2.75, 3.05) is 10.6 Å². The molecule has 1 aromatic heterocycles. The summed E-state index contributed by atoms with van der Waals surface area (Å²) in [6.07, 6.45) is -0.386. The lowest BCUT2D eigenvalue weighted by Gasteiger charge is -2.15. The Labute approximate surface area is 189 Å². The van der Waals surface area contributed by atoms with Gasteiger partial charge in [0.1, 0.15) is 11.6 Å². The van der Waals surface area contributed by atoms with E-state index >= 15 is 0 Å². The van der Waals surface area contributed by atoms with Crippen LogP contribution in [0.25, 0.3) is 11.3 Å². The van der Waals surface area contributed by atoms with E-state index in [9.17, 15) is 13.2 Å². The number of benzene rings is 2. The number of alkyl halides is 3. The molecule has 5 nitrogen and oxygen atoms in total. The second kappa shape index (κ2) is 9.65. The van der Waals surface area contributed by atoms with E-state index in [2.05, 4.69) is 25.3 Å². The van der Waals surface area contributed by atoms with Gasteiger partial charge in [0, 0.05) is 29.2 Å². The number of halogens is 4. The molecule has 0 aliphatic heterocycles. The van der Waals surface area contributed by atoms with Crippen LogP contribution < -0.4 is 15.4 Å². The highest BCUT2D eigenvalue weighted by molar-refractivity contribution is 6.30. The highest BCUT2D eigenvalue weighted by atomic mass is 35.5. The molecule has 1 aliphatic rings. The second-order valence-electron chi connectivity index (χ2n) is 7.64. The fraction of sp³-hybridized carbons (Fsp3) is 0.304. The molecule has 4 rings (SSSR count). The van der Waals surface area contributed by atoms with Gasteiger partial charge in [0.15, 0.2) is 0 Å². The molecule has 168 valence electrons. The molecule has 0 bridgehead atoms. The van der Waals surface area contributed by atoms with Gasteiger partial charge >= 0.3 is 6.36 Å². The van der Waals surface area contributed by atoms with E-state index in [1.54, 1.807) is 12.1 Å². The van der Waals surface area contributed by atoms with E-state index in [0.29, 0.717) is 34.6 Å². The van der Waals surface area contributed by atoms with Crippen molar-refractivity contribution in [2.24, 2.45) is 0 Å². The minimum absolute atomic E-state index is 0.286. The van der Waals surface area contributed by atoms with Gasteiger partial charge in [-0.05, 0) is 42.7 Å². The molecule has 0 radical (unpaired) electrons. The summed E-state index contributed by atoms with van der Waals surface area (Å²) in [6.45, 7) is 0.508. The van der Waals surface area contributed by atoms with Crippen LogP contribution in [-0.2, 0) is 6.54 Å². The van der Waals surface area contributed by atoms with E-state index in [4.69, 9.17) is 11.6 Å². The molecule has 0 spiro atoms. The Hall–Kier alpha value is -3.00. The summed E-state index contributed by atoms with van der Waals surface area (Å²) in [5, 5.41) is 7.28. The predicted molar refractivity (Wildman–Crippen MR) is 119 cm³/mol. The normalized spacial score (nSPS) is 14.4. The van der Waals surface area contributed by atoms with Gasteiger partial charge in [-0.15, -0.1) is 13.2 Å². The third kappa shape index (κ3) is 6.26. The molecule has 0 saturated heterocycles. The molecular formula is C23H22ClF3N4O. The molecule has 32 heavy (non-hydrogen) atoms. The van der Waals surface area contributed by atoms with Crippen LogP contribution in [0.4, 0.5) is 24.9 Å². The fourth-order valence-electron chi connectivity index (χ4n) is 3.65. The van der Waals surface area contributed by atoms with Crippen LogP contribution >= 0.6 is 11.6 Å². The van der Waals surface area contributed by atoms with Gasteiger partial charge in [-0.1, -0.05) is 48.7 Å². The molecular weight excluding hydrogens is 441 g/mol. The third-order valence-electron chi connectivity index (χ3n) is 5.16. The zero-order valence-electron chi connectivity index (χ0n) is 17.1. The molecule has 1 aliphatic carbocycles. The summed E-state index contributed by atoms with van der Waals surface area (Å²) >= 11 is 5.94. The minimum atomic E-state index is -4.76. The number of hydrogen-bond acceptors (Lipinski definition) is 5. The molecule has 1 fully saturated rings. The first-order valence-corrected chi connectivity index (χ1v) is 10.7. The van der Waals surface area contributed by atoms with Gasteiger partial charge in [0.2, 0.25) is 5.95 Å².